The van der Waals surface area contributed by atoms with Crippen LogP contribution in [-0.4, -0.2) is 23.7 Å². The Bertz CT molecular complexity index is 153. The summed E-state index contributed by atoms with van der Waals surface area (Å²) >= 11 is 1.76. The van der Waals surface area contributed by atoms with Crippen LogP contribution in [0.4, 0.5) is 0 Å². The van der Waals surface area contributed by atoms with Crippen molar-refractivity contribution in [3.05, 3.63) is 0 Å². The molecule has 0 rings (SSSR count). The zero-order chi connectivity index (χ0) is 6.78. The number of nitrogens with zero attached hydrogens (tertiary/aromatic N) is 1. The topological polar surface area (TPSA) is 37.4 Å². The van der Waals surface area contributed by atoms with Crippen LogP contribution in [0.25, 0.3) is 0 Å². The molecule has 0 amide bonds. The van der Waals surface area contributed by atoms with Gasteiger partial charge in [-0.2, -0.15) is 0 Å². The molecule has 8 heavy (non-hydrogen) atoms. The predicted molar refractivity (Wildman–Crippen MR) is 41.2 cm³/mol. The van der Waals surface area contributed by atoms with Gasteiger partial charge in [0.2, 0.25) is 10.0 Å². The van der Waals surface area contributed by atoms with E-state index in [1.807, 2.05) is 0 Å². The van der Waals surface area contributed by atoms with Crippen LogP contribution in [0.2, 0.25) is 0 Å². The predicted octanol–water partition coefficient (Wildman–Crippen LogP) is 0.618. The maximum absolute atomic E-state index is 10.5. The van der Waals surface area contributed by atoms with Gasteiger partial charge in [0.15, 0.2) is 0 Å². The Kier molecular flexibility index (Phi) is 3.21. The van der Waals surface area contributed by atoms with Crippen molar-refractivity contribution in [2.24, 2.45) is 0 Å². The summed E-state index contributed by atoms with van der Waals surface area (Å²) in [6, 6.07) is 0. The third kappa shape index (κ3) is 2.83. The van der Waals surface area contributed by atoms with Crippen LogP contribution in [0.3, 0.4) is 0 Å². The number of hydrogen-bond donors (Lipinski definition) is 0. The minimum atomic E-state index is -2.93. The number of halogens is 1. The molecular weight excluding hydrogens is 241 g/mol. The van der Waals surface area contributed by atoms with Gasteiger partial charge in [-0.05, 0) is 0 Å². The molecular formula is C3H8INO2S. The zero-order valence-corrected chi connectivity index (χ0v) is 7.73. The van der Waals surface area contributed by atoms with Crippen molar-refractivity contribution in [1.29, 1.82) is 0 Å². The van der Waals surface area contributed by atoms with Crippen LogP contribution >= 0.6 is 22.9 Å². The molecule has 0 aliphatic heterocycles. The Morgan fingerprint density at radius 1 is 1.62 bits per heavy atom. The highest BCUT2D eigenvalue weighted by molar-refractivity contribution is 14.1. The second kappa shape index (κ2) is 2.98. The molecule has 5 heteroatoms. The SMILES string of the molecule is CCN(I)S(C)(=O)=O. The monoisotopic (exact) mass is 249 g/mol. The first-order valence-corrected chi connectivity index (χ1v) is 4.93. The molecule has 0 fully saturated rings. The average molecular weight is 249 g/mol. The largest absolute Gasteiger partial charge is 0.219 e. The van der Waals surface area contributed by atoms with Crippen molar-refractivity contribution in [2.75, 3.05) is 12.8 Å². The van der Waals surface area contributed by atoms with E-state index >= 15 is 0 Å². The quantitative estimate of drug-likeness (QED) is 0.531. The Labute approximate surface area is 63.6 Å². The molecule has 0 saturated heterocycles. The van der Waals surface area contributed by atoms with E-state index in [0.717, 1.165) is 0 Å². The van der Waals surface area contributed by atoms with E-state index in [1.165, 1.54) is 8.77 Å². The summed E-state index contributed by atoms with van der Waals surface area (Å²) in [5.41, 5.74) is 0. The van der Waals surface area contributed by atoms with E-state index in [2.05, 4.69) is 0 Å². The number of hydrogen-bond acceptors (Lipinski definition) is 2. The summed E-state index contributed by atoms with van der Waals surface area (Å²) in [5.74, 6) is 0. The lowest BCUT2D eigenvalue weighted by atomic mass is 10.8. The van der Waals surface area contributed by atoms with Gasteiger partial charge in [0.05, 0.1) is 6.26 Å². The lowest BCUT2D eigenvalue weighted by molar-refractivity contribution is 0.566. The average Bonchev–Trinajstić information content (AvgIpc) is 1.62. The second-order valence-corrected chi connectivity index (χ2v) is 5.09. The van der Waals surface area contributed by atoms with Gasteiger partial charge < -0.3 is 0 Å². The van der Waals surface area contributed by atoms with Crippen molar-refractivity contribution in [1.82, 2.24) is 2.52 Å². The molecule has 0 aliphatic carbocycles. The van der Waals surface area contributed by atoms with Crippen molar-refractivity contribution >= 4 is 32.9 Å². The molecule has 0 bridgehead atoms. The van der Waals surface area contributed by atoms with Crippen molar-refractivity contribution < 1.29 is 8.42 Å². The summed E-state index contributed by atoms with van der Waals surface area (Å²) in [6.45, 7) is 2.31. The van der Waals surface area contributed by atoms with Gasteiger partial charge in [-0.25, -0.2) is 8.42 Å². The Morgan fingerprint density at radius 2 is 2.00 bits per heavy atom. The third-order valence-electron chi connectivity index (χ3n) is 0.608. The third-order valence-corrected chi connectivity index (χ3v) is 4.42. The van der Waals surface area contributed by atoms with E-state index in [0.29, 0.717) is 6.54 Å². The normalized spacial score (nSPS) is 12.5. The van der Waals surface area contributed by atoms with Crippen molar-refractivity contribution in [2.45, 2.75) is 6.92 Å². The first kappa shape index (κ1) is 8.64. The first-order valence-electron chi connectivity index (χ1n) is 2.12. The molecule has 0 aromatic rings. The molecule has 0 aliphatic rings. The smallest absolute Gasteiger partial charge is 0.212 e. The molecule has 50 valence electrons. The summed E-state index contributed by atoms with van der Waals surface area (Å²) in [7, 11) is -2.93. The van der Waals surface area contributed by atoms with Crippen LogP contribution in [-0.2, 0) is 10.0 Å². The van der Waals surface area contributed by atoms with Gasteiger partial charge >= 0.3 is 0 Å². The molecule has 0 heterocycles. The fraction of sp³-hybridized carbons (Fsp3) is 1.00. The zero-order valence-electron chi connectivity index (χ0n) is 4.76. The van der Waals surface area contributed by atoms with Crippen molar-refractivity contribution in [3.8, 4) is 0 Å². The van der Waals surface area contributed by atoms with E-state index in [1.54, 1.807) is 29.8 Å². The summed E-state index contributed by atoms with van der Waals surface area (Å²) in [5, 5.41) is 0. The highest BCUT2D eigenvalue weighted by atomic mass is 127. The molecule has 0 spiro atoms. The van der Waals surface area contributed by atoms with Gasteiger partial charge in [0, 0.05) is 29.4 Å². The Morgan fingerprint density at radius 3 is 2.00 bits per heavy atom. The summed E-state index contributed by atoms with van der Waals surface area (Å²) in [6.07, 6.45) is 1.18. The van der Waals surface area contributed by atoms with Crippen molar-refractivity contribution in [3.63, 3.8) is 0 Å². The lowest BCUT2D eigenvalue weighted by Crippen LogP contribution is -2.18. The second-order valence-electron chi connectivity index (χ2n) is 1.37. The molecule has 0 radical (unpaired) electrons. The summed E-state index contributed by atoms with van der Waals surface area (Å²) < 4.78 is 22.2. The van der Waals surface area contributed by atoms with Gasteiger partial charge in [-0.1, -0.05) is 6.92 Å². The maximum atomic E-state index is 10.5. The van der Waals surface area contributed by atoms with Crippen LogP contribution < -0.4 is 0 Å². The molecule has 0 aromatic heterocycles. The maximum Gasteiger partial charge on any atom is 0.219 e. The van der Waals surface area contributed by atoms with Crippen LogP contribution in [0.1, 0.15) is 6.92 Å². The highest BCUT2D eigenvalue weighted by Gasteiger charge is 2.07. The highest BCUT2D eigenvalue weighted by Crippen LogP contribution is 2.03. The summed E-state index contributed by atoms with van der Waals surface area (Å²) in [4.78, 5) is 0. The van der Waals surface area contributed by atoms with Gasteiger partial charge in [0.25, 0.3) is 0 Å². The van der Waals surface area contributed by atoms with E-state index < -0.39 is 10.0 Å². The number of rotatable bonds is 2. The Balaban J connectivity index is 4.04. The fourth-order valence-corrected chi connectivity index (χ4v) is 0.704. The lowest BCUT2D eigenvalue weighted by Gasteiger charge is -2.05. The molecule has 0 N–H and O–H groups in total. The van der Waals surface area contributed by atoms with Crippen LogP contribution in [0, 0.1) is 0 Å². The van der Waals surface area contributed by atoms with Crippen LogP contribution in [0.15, 0.2) is 0 Å². The van der Waals surface area contributed by atoms with Gasteiger partial charge in [-0.15, -0.1) is 2.52 Å². The van der Waals surface area contributed by atoms with E-state index in [-0.39, 0.29) is 0 Å². The van der Waals surface area contributed by atoms with Crippen LogP contribution in [0.5, 0.6) is 0 Å². The fourth-order valence-electron chi connectivity index (χ4n) is 0.235. The molecule has 0 atom stereocenters. The Hall–Kier alpha value is 0.640. The van der Waals surface area contributed by atoms with Gasteiger partial charge in [0.1, 0.15) is 0 Å². The minimum absolute atomic E-state index is 0.527. The molecule has 0 unspecified atom stereocenters. The molecule has 3 nitrogen and oxygen atoms in total. The van der Waals surface area contributed by atoms with E-state index in [9.17, 15) is 8.42 Å². The number of sulfonamides is 1. The first-order chi connectivity index (χ1) is 3.48. The standard InChI is InChI=1S/C3H8INO2S/c1-3-5(4)8(2,6)7/h3H2,1-2H3. The molecule has 0 saturated carbocycles. The minimum Gasteiger partial charge on any atom is -0.212 e. The van der Waals surface area contributed by atoms with E-state index in [4.69, 9.17) is 0 Å². The van der Waals surface area contributed by atoms with Gasteiger partial charge in [-0.3, -0.25) is 0 Å². The molecule has 0 aromatic carbocycles.